The lowest BCUT2D eigenvalue weighted by Crippen LogP contribution is -2.69. The zero-order valence-electron chi connectivity index (χ0n) is 37.0. The minimum atomic E-state index is -1.43. The highest BCUT2D eigenvalue weighted by atomic mass is 32.2. The molecule has 1 heterocycles. The summed E-state index contributed by atoms with van der Waals surface area (Å²) in [6.45, 7) is 11.0. The number of thioether (sulfide) groups is 1. The van der Waals surface area contributed by atoms with Crippen molar-refractivity contribution in [1.82, 2.24) is 4.90 Å². The van der Waals surface area contributed by atoms with E-state index < -0.39 is 28.8 Å². The van der Waals surface area contributed by atoms with Gasteiger partial charge in [-0.1, -0.05) is 69.1 Å². The van der Waals surface area contributed by atoms with Gasteiger partial charge in [-0.2, -0.15) is 0 Å². The number of aliphatic hydroxyl groups excluding tert-OH is 2. The van der Waals surface area contributed by atoms with E-state index in [1.165, 1.54) is 17.0 Å². The number of nitro groups is 1. The van der Waals surface area contributed by atoms with Crippen molar-refractivity contribution in [3.63, 3.8) is 0 Å². The van der Waals surface area contributed by atoms with E-state index in [1.54, 1.807) is 41.9 Å². The Kier molecular flexibility index (Phi) is 16.7. The summed E-state index contributed by atoms with van der Waals surface area (Å²) in [5.41, 5.74) is 2.88. The van der Waals surface area contributed by atoms with Crippen molar-refractivity contribution in [3.8, 4) is 11.5 Å². The van der Waals surface area contributed by atoms with Gasteiger partial charge in [-0.05, 0) is 96.5 Å². The molecule has 63 heavy (non-hydrogen) atoms. The topological polar surface area (TPSA) is 162 Å². The van der Waals surface area contributed by atoms with Gasteiger partial charge in [0.25, 0.3) is 5.69 Å². The van der Waals surface area contributed by atoms with E-state index in [-0.39, 0.29) is 68.3 Å². The Morgan fingerprint density at radius 3 is 2.46 bits per heavy atom. The Morgan fingerprint density at radius 1 is 1.05 bits per heavy atom. The lowest BCUT2D eigenvalue weighted by atomic mass is 9.55. The number of nitrogens with zero attached hydrogens (tertiary/aromatic N) is 3. The number of unbranched alkanes of at least 4 members (excludes halogenated alkanes) is 2. The number of amides is 1. The number of non-ortho nitro benzene ring substituents is 1. The largest absolute Gasteiger partial charge is 0.493 e. The standard InChI is InChI=1S/C49H63N3O10S/c1-6-26-60-49-44(51(5)47(55)59-33-48(2,3)4)31-42(50-61-32-34-18-20-36(21-19-34)52(56)57)40-29-35(14-10-12-24-53)39(17-11-13-25-54)45(46(40)49)41-30-37(22-23-43(41)62-49)58-27-28-63-38-15-8-7-9-16-38/h6-9,15-16,18-23,29-30,35,39,44-46,53-54H,1,10-14,17,24-28,31-33H2,2-5H3/t35-,39+,44-,45+,46+,49+/m0/s1. The molecule has 0 unspecified atom stereocenters. The van der Waals surface area contributed by atoms with Gasteiger partial charge in [0.05, 0.1) is 36.4 Å². The van der Waals surface area contributed by atoms with Crippen LogP contribution in [0.1, 0.15) is 82.8 Å². The number of rotatable bonds is 22. The van der Waals surface area contributed by atoms with Crippen LogP contribution < -0.4 is 9.47 Å². The van der Waals surface area contributed by atoms with E-state index in [0.717, 1.165) is 42.6 Å². The minimum Gasteiger partial charge on any atom is -0.493 e. The molecule has 0 spiro atoms. The third-order valence-corrected chi connectivity index (χ3v) is 12.9. The van der Waals surface area contributed by atoms with Gasteiger partial charge in [0.15, 0.2) is 0 Å². The molecule has 1 fully saturated rings. The van der Waals surface area contributed by atoms with Gasteiger partial charge in [0.1, 0.15) is 24.1 Å². The fourth-order valence-electron chi connectivity index (χ4n) is 9.06. The molecule has 0 aromatic heterocycles. The second-order valence-corrected chi connectivity index (χ2v) is 18.9. The highest BCUT2D eigenvalue weighted by Gasteiger charge is 2.65. The molecule has 1 aliphatic heterocycles. The number of allylic oxidation sites excluding steroid dienone is 1. The first-order valence-electron chi connectivity index (χ1n) is 22.0. The van der Waals surface area contributed by atoms with E-state index in [9.17, 15) is 25.1 Å². The summed E-state index contributed by atoms with van der Waals surface area (Å²) in [7, 11) is 1.70. The number of fused-ring (bicyclic) bond motifs is 2. The van der Waals surface area contributed by atoms with Crippen molar-refractivity contribution in [1.29, 1.82) is 0 Å². The molecule has 2 aliphatic carbocycles. The van der Waals surface area contributed by atoms with Crippen molar-refractivity contribution < 1.29 is 43.7 Å². The summed E-state index contributed by atoms with van der Waals surface area (Å²) < 4.78 is 26.6. The molecule has 1 saturated carbocycles. The molecule has 0 radical (unpaired) electrons. The highest BCUT2D eigenvalue weighted by molar-refractivity contribution is 7.99. The van der Waals surface area contributed by atoms with Crippen molar-refractivity contribution >= 4 is 29.3 Å². The molecule has 14 heteroatoms. The summed E-state index contributed by atoms with van der Waals surface area (Å²) in [6, 6.07) is 21.6. The van der Waals surface area contributed by atoms with Crippen LogP contribution in [0.25, 0.3) is 0 Å². The molecule has 2 N–H and O–H groups in total. The minimum absolute atomic E-state index is 0.0196. The monoisotopic (exact) mass is 885 g/mol. The number of hydrogen-bond acceptors (Lipinski definition) is 12. The highest BCUT2D eigenvalue weighted by Crippen LogP contribution is 2.62. The molecule has 0 saturated heterocycles. The van der Waals surface area contributed by atoms with Gasteiger partial charge in [0, 0.05) is 60.9 Å². The van der Waals surface area contributed by atoms with E-state index in [4.69, 9.17) is 28.9 Å². The number of aliphatic hydroxyl groups is 2. The Hall–Kier alpha value is -4.89. The quantitative estimate of drug-likeness (QED) is 0.0325. The number of oxime groups is 1. The fourth-order valence-corrected chi connectivity index (χ4v) is 9.81. The van der Waals surface area contributed by atoms with Gasteiger partial charge < -0.3 is 38.9 Å². The summed E-state index contributed by atoms with van der Waals surface area (Å²) in [5.74, 6) is 0.0395. The van der Waals surface area contributed by atoms with E-state index in [2.05, 4.69) is 30.9 Å². The van der Waals surface area contributed by atoms with Crippen molar-refractivity contribution in [2.24, 2.45) is 28.3 Å². The summed E-state index contributed by atoms with van der Waals surface area (Å²) in [6.07, 6.45) is 8.12. The Balaban J connectivity index is 1.47. The van der Waals surface area contributed by atoms with Gasteiger partial charge in [-0.3, -0.25) is 10.1 Å². The number of ether oxygens (including phenoxy) is 4. The smallest absolute Gasteiger partial charge is 0.410 e. The van der Waals surface area contributed by atoms with Gasteiger partial charge in [0.2, 0.25) is 5.79 Å². The fraction of sp³-hybridized carbons (Fsp3) is 0.510. The van der Waals surface area contributed by atoms with E-state index in [0.29, 0.717) is 42.2 Å². The first-order chi connectivity index (χ1) is 30.4. The number of carbonyl (C=O) groups excluding carboxylic acids is 1. The molecular formula is C49H63N3O10S. The number of hydrogen-bond donors (Lipinski definition) is 2. The van der Waals surface area contributed by atoms with Crippen LogP contribution in [0.2, 0.25) is 0 Å². The molecule has 3 aromatic rings. The molecule has 1 amide bonds. The van der Waals surface area contributed by atoms with Crippen LogP contribution in [0, 0.1) is 33.3 Å². The average Bonchev–Trinajstić information content (AvgIpc) is 3.27. The van der Waals surface area contributed by atoms with Crippen LogP contribution in [0.4, 0.5) is 10.5 Å². The summed E-state index contributed by atoms with van der Waals surface area (Å²) in [4.78, 5) is 33.8. The van der Waals surface area contributed by atoms with Crippen LogP contribution in [-0.2, 0) is 20.9 Å². The van der Waals surface area contributed by atoms with Crippen LogP contribution >= 0.6 is 11.8 Å². The predicted octanol–water partition coefficient (Wildman–Crippen LogP) is 9.71. The summed E-state index contributed by atoms with van der Waals surface area (Å²) in [5, 5.41) is 36.0. The van der Waals surface area contributed by atoms with Crippen LogP contribution in [-0.4, -0.2) is 89.5 Å². The summed E-state index contributed by atoms with van der Waals surface area (Å²) >= 11 is 1.73. The number of nitro benzene ring substituents is 1. The number of likely N-dealkylation sites (N-methyl/N-ethyl adjacent to an activating group) is 1. The second kappa shape index (κ2) is 22.1. The first-order valence-corrected chi connectivity index (χ1v) is 23.0. The SMILES string of the molecule is C=CCO[C@@]12Oc3ccc(OCCSc4ccccc4)cc3[C@H]3[C@H](CCCCO)[C@@H](CCCCO)C=C(C(=NOCc4ccc([N+](=O)[O-])cc4)C[C@@H]1N(C)C(=O)OCC(C)(C)C)[C@H]32. The van der Waals surface area contributed by atoms with Gasteiger partial charge in [-0.25, -0.2) is 4.79 Å². The molecule has 13 nitrogen and oxygen atoms in total. The van der Waals surface area contributed by atoms with E-state index in [1.807, 2.05) is 51.1 Å². The number of carbonyl (C=O) groups is 1. The average molecular weight is 886 g/mol. The maximum Gasteiger partial charge on any atom is 0.410 e. The molecule has 6 atom stereocenters. The molecular weight excluding hydrogens is 823 g/mol. The van der Waals surface area contributed by atoms with Gasteiger partial charge >= 0.3 is 6.09 Å². The molecule has 3 aliphatic rings. The van der Waals surface area contributed by atoms with Crippen LogP contribution in [0.5, 0.6) is 11.5 Å². The normalized spacial score (nSPS) is 23.1. The molecule has 6 rings (SSSR count). The zero-order valence-corrected chi connectivity index (χ0v) is 37.8. The van der Waals surface area contributed by atoms with Crippen LogP contribution in [0.15, 0.2) is 107 Å². The number of benzene rings is 3. The molecule has 3 aromatic carbocycles. The van der Waals surface area contributed by atoms with Crippen molar-refractivity contribution in [3.05, 3.63) is 118 Å². The first kappa shape index (κ1) is 47.6. The van der Waals surface area contributed by atoms with Crippen molar-refractivity contribution in [2.75, 3.05) is 45.8 Å². The zero-order chi connectivity index (χ0) is 45.0. The lowest BCUT2D eigenvalue weighted by molar-refractivity contribution is -0.384. The second-order valence-electron chi connectivity index (χ2n) is 17.7. The maximum absolute atomic E-state index is 14.1. The Labute approximate surface area is 375 Å². The molecule has 0 bridgehead atoms. The van der Waals surface area contributed by atoms with Crippen LogP contribution in [0.3, 0.4) is 0 Å². The Bertz CT molecular complexity index is 2060. The maximum atomic E-state index is 14.1. The Morgan fingerprint density at radius 2 is 1.78 bits per heavy atom. The lowest BCUT2D eigenvalue weighted by Gasteiger charge is -2.59. The predicted molar refractivity (Wildman–Crippen MR) is 244 cm³/mol. The van der Waals surface area contributed by atoms with Crippen molar-refractivity contribution in [2.45, 2.75) is 95.0 Å². The molecule has 340 valence electrons. The third kappa shape index (κ3) is 11.8. The van der Waals surface area contributed by atoms with Gasteiger partial charge in [-0.15, -0.1) is 18.3 Å². The third-order valence-electron chi connectivity index (χ3n) is 11.9. The van der Waals surface area contributed by atoms with E-state index >= 15 is 0 Å².